The van der Waals surface area contributed by atoms with Crippen LogP contribution < -0.4 is 5.32 Å². The number of hydrogen-bond acceptors (Lipinski definition) is 4. The van der Waals surface area contributed by atoms with Crippen molar-refractivity contribution in [1.29, 1.82) is 0 Å². The van der Waals surface area contributed by atoms with Gasteiger partial charge in [0.15, 0.2) is 0 Å². The highest BCUT2D eigenvalue weighted by Crippen LogP contribution is 2.29. The summed E-state index contributed by atoms with van der Waals surface area (Å²) in [6.07, 6.45) is 5.90. The first-order valence-corrected chi connectivity index (χ1v) is 13.1. The fraction of sp³-hybridized carbons (Fsp3) is 0.667. The number of piperidine rings is 2. The SMILES string of the molecule is O=C(NCCCN1CCCCC1)C1CCN(S(=O)(=O)Cc2c(Cl)cccc2Cl)CC1. The molecule has 2 aliphatic rings. The van der Waals surface area contributed by atoms with Gasteiger partial charge in [-0.15, -0.1) is 0 Å². The zero-order chi connectivity index (χ0) is 21.6. The van der Waals surface area contributed by atoms with Crippen LogP contribution in [-0.2, 0) is 20.6 Å². The Morgan fingerprint density at radius 3 is 2.30 bits per heavy atom. The van der Waals surface area contributed by atoms with Gasteiger partial charge in [-0.1, -0.05) is 35.7 Å². The van der Waals surface area contributed by atoms with Crippen LogP contribution in [0.5, 0.6) is 0 Å². The van der Waals surface area contributed by atoms with E-state index in [4.69, 9.17) is 23.2 Å². The van der Waals surface area contributed by atoms with E-state index in [-0.39, 0.29) is 17.6 Å². The second-order valence-corrected chi connectivity index (χ2v) is 11.0. The quantitative estimate of drug-likeness (QED) is 0.583. The molecule has 0 unspecified atom stereocenters. The van der Waals surface area contributed by atoms with Gasteiger partial charge in [0.05, 0.1) is 5.75 Å². The van der Waals surface area contributed by atoms with Crippen LogP contribution in [0, 0.1) is 5.92 Å². The van der Waals surface area contributed by atoms with Crippen LogP contribution in [0.15, 0.2) is 18.2 Å². The minimum Gasteiger partial charge on any atom is -0.356 e. The van der Waals surface area contributed by atoms with E-state index in [2.05, 4.69) is 10.2 Å². The van der Waals surface area contributed by atoms with E-state index in [1.165, 1.54) is 36.7 Å². The van der Waals surface area contributed by atoms with Gasteiger partial charge in [0.2, 0.25) is 15.9 Å². The second-order valence-electron chi connectivity index (χ2n) is 8.18. The second kappa shape index (κ2) is 11.1. The van der Waals surface area contributed by atoms with E-state index >= 15 is 0 Å². The fourth-order valence-corrected chi connectivity index (χ4v) is 6.50. The van der Waals surface area contributed by atoms with Gasteiger partial charge >= 0.3 is 0 Å². The first-order chi connectivity index (χ1) is 14.4. The summed E-state index contributed by atoms with van der Waals surface area (Å²) in [5.74, 6) is -0.311. The van der Waals surface area contributed by atoms with Crippen molar-refractivity contribution in [2.45, 2.75) is 44.3 Å². The van der Waals surface area contributed by atoms with E-state index in [1.54, 1.807) is 18.2 Å². The Bertz CT molecular complexity index is 801. The Kier molecular flexibility index (Phi) is 8.83. The smallest absolute Gasteiger partial charge is 0.223 e. The molecule has 3 rings (SSSR count). The first kappa shape index (κ1) is 23.8. The molecular weight excluding hydrogens is 445 g/mol. The van der Waals surface area contributed by atoms with Gasteiger partial charge in [0, 0.05) is 41.2 Å². The Labute approximate surface area is 189 Å². The molecule has 2 fully saturated rings. The largest absolute Gasteiger partial charge is 0.356 e. The lowest BCUT2D eigenvalue weighted by Gasteiger charge is -2.31. The number of likely N-dealkylation sites (tertiary alicyclic amines) is 1. The van der Waals surface area contributed by atoms with Gasteiger partial charge in [-0.25, -0.2) is 12.7 Å². The van der Waals surface area contributed by atoms with Gasteiger partial charge in [0.25, 0.3) is 0 Å². The standard InChI is InChI=1S/C21H31Cl2N3O3S/c22-19-6-4-7-20(23)18(19)16-30(28,29)26-14-8-17(9-15-26)21(27)24-10-5-13-25-11-2-1-3-12-25/h4,6-7,17H,1-3,5,8-16H2,(H,24,27). The minimum absolute atomic E-state index is 0.0415. The summed E-state index contributed by atoms with van der Waals surface area (Å²) >= 11 is 12.3. The van der Waals surface area contributed by atoms with Gasteiger partial charge in [-0.2, -0.15) is 0 Å². The molecule has 6 nitrogen and oxygen atoms in total. The predicted molar refractivity (Wildman–Crippen MR) is 121 cm³/mol. The maximum absolute atomic E-state index is 12.8. The Morgan fingerprint density at radius 1 is 1.03 bits per heavy atom. The van der Waals surface area contributed by atoms with E-state index in [9.17, 15) is 13.2 Å². The van der Waals surface area contributed by atoms with E-state index in [0.29, 0.717) is 48.1 Å². The molecule has 1 aromatic rings. The van der Waals surface area contributed by atoms with E-state index in [0.717, 1.165) is 13.0 Å². The molecule has 2 saturated heterocycles. The normalized spacial score (nSPS) is 19.7. The number of amides is 1. The number of nitrogens with zero attached hydrogens (tertiary/aromatic N) is 2. The van der Waals surface area contributed by atoms with Crippen molar-refractivity contribution < 1.29 is 13.2 Å². The summed E-state index contributed by atoms with van der Waals surface area (Å²) in [5, 5.41) is 3.74. The van der Waals surface area contributed by atoms with Gasteiger partial charge in [-0.05, 0) is 63.9 Å². The van der Waals surface area contributed by atoms with Crippen molar-refractivity contribution in [3.8, 4) is 0 Å². The molecule has 0 aliphatic carbocycles. The highest BCUT2D eigenvalue weighted by molar-refractivity contribution is 7.88. The van der Waals surface area contributed by atoms with Gasteiger partial charge in [-0.3, -0.25) is 4.79 Å². The number of hydrogen-bond donors (Lipinski definition) is 1. The lowest BCUT2D eigenvalue weighted by atomic mass is 9.97. The molecule has 9 heteroatoms. The molecular formula is C21H31Cl2N3O3S. The molecule has 1 aromatic carbocycles. The van der Waals surface area contributed by atoms with Crippen LogP contribution in [-0.4, -0.2) is 62.8 Å². The Hall–Kier alpha value is -0.860. The number of carbonyl (C=O) groups excluding carboxylic acids is 1. The summed E-state index contributed by atoms with van der Waals surface area (Å²) in [5.41, 5.74) is 0.425. The summed E-state index contributed by atoms with van der Waals surface area (Å²) < 4.78 is 27.1. The van der Waals surface area contributed by atoms with Crippen LogP contribution in [0.25, 0.3) is 0 Å². The van der Waals surface area contributed by atoms with Crippen molar-refractivity contribution in [2.24, 2.45) is 5.92 Å². The van der Waals surface area contributed by atoms with Crippen molar-refractivity contribution in [3.63, 3.8) is 0 Å². The van der Waals surface area contributed by atoms with Crippen molar-refractivity contribution in [2.75, 3.05) is 39.3 Å². The molecule has 2 aliphatic heterocycles. The van der Waals surface area contributed by atoms with E-state index in [1.807, 2.05) is 0 Å². The van der Waals surface area contributed by atoms with Crippen LogP contribution >= 0.6 is 23.2 Å². The number of carbonyl (C=O) groups is 1. The van der Waals surface area contributed by atoms with Gasteiger partial charge in [0.1, 0.15) is 0 Å². The molecule has 0 spiro atoms. The summed E-state index contributed by atoms with van der Waals surface area (Å²) in [4.78, 5) is 14.9. The number of rotatable bonds is 8. The van der Waals surface area contributed by atoms with Crippen molar-refractivity contribution in [1.82, 2.24) is 14.5 Å². The zero-order valence-electron chi connectivity index (χ0n) is 17.3. The first-order valence-electron chi connectivity index (χ1n) is 10.8. The average molecular weight is 476 g/mol. The minimum atomic E-state index is -3.54. The molecule has 0 atom stereocenters. The third-order valence-corrected chi connectivity index (χ3v) is 8.52. The lowest BCUT2D eigenvalue weighted by molar-refractivity contribution is -0.126. The summed E-state index contributed by atoms with van der Waals surface area (Å²) in [6.45, 7) is 4.73. The van der Waals surface area contributed by atoms with E-state index < -0.39 is 10.0 Å². The van der Waals surface area contributed by atoms with Crippen molar-refractivity contribution >= 4 is 39.1 Å². The highest BCUT2D eigenvalue weighted by Gasteiger charge is 2.31. The number of nitrogens with one attached hydrogen (secondary N) is 1. The Morgan fingerprint density at radius 2 is 1.67 bits per heavy atom. The molecule has 0 aromatic heterocycles. The average Bonchev–Trinajstić information content (AvgIpc) is 2.75. The van der Waals surface area contributed by atoms with Gasteiger partial charge < -0.3 is 10.2 Å². The van der Waals surface area contributed by atoms with Crippen LogP contribution in [0.3, 0.4) is 0 Å². The molecule has 1 N–H and O–H groups in total. The van der Waals surface area contributed by atoms with Crippen molar-refractivity contribution in [3.05, 3.63) is 33.8 Å². The molecule has 168 valence electrons. The zero-order valence-corrected chi connectivity index (χ0v) is 19.6. The third kappa shape index (κ3) is 6.57. The third-order valence-electron chi connectivity index (χ3n) is 6.01. The monoisotopic (exact) mass is 475 g/mol. The maximum atomic E-state index is 12.8. The maximum Gasteiger partial charge on any atom is 0.223 e. The lowest BCUT2D eigenvalue weighted by Crippen LogP contribution is -2.43. The molecule has 30 heavy (non-hydrogen) atoms. The number of sulfonamides is 1. The highest BCUT2D eigenvalue weighted by atomic mass is 35.5. The van der Waals surface area contributed by atoms with Crippen LogP contribution in [0.4, 0.5) is 0 Å². The fourth-order valence-electron chi connectivity index (χ4n) is 4.18. The molecule has 0 bridgehead atoms. The molecule has 0 radical (unpaired) electrons. The predicted octanol–water partition coefficient (Wildman–Crippen LogP) is 3.53. The molecule has 0 saturated carbocycles. The number of halogens is 2. The Balaban J connectivity index is 1.41. The van der Waals surface area contributed by atoms with Crippen LogP contribution in [0.2, 0.25) is 10.0 Å². The topological polar surface area (TPSA) is 69.7 Å². The van der Waals surface area contributed by atoms with Crippen LogP contribution in [0.1, 0.15) is 44.1 Å². The summed E-state index contributed by atoms with van der Waals surface area (Å²) in [7, 11) is -3.54. The molecule has 2 heterocycles. The molecule has 1 amide bonds. The summed E-state index contributed by atoms with van der Waals surface area (Å²) in [6, 6.07) is 4.97. The number of benzene rings is 1.